The standard InChI is InChI=1S/C39H43ClN4O9S2/c1-44(26-8-10-27(11-9-26)53-39(37(48)49,33-5-3-15-54-33)34-6-4-16-55-34)13-14-52-38(50)42-29-20-32(51-2)25(18-28(29)40)21-41-22-31(46)24-17-23-7-12-35(47)43-36(23)30(45)19-24/h3-7,12,15-20,26-27,31,41,45-46H,8-11,13-14,21-22H2,1-2H3,(H,42,50)(H,43,47)(H,48,49)/t26?,27?,31-/m0/s1. The van der Waals surface area contributed by atoms with Crippen LogP contribution in [0, 0.1) is 0 Å². The second-order valence-corrected chi connectivity index (χ2v) is 15.7. The molecule has 0 bridgehead atoms. The summed E-state index contributed by atoms with van der Waals surface area (Å²) in [4.78, 5) is 43.1. The van der Waals surface area contributed by atoms with Gasteiger partial charge in [0.25, 0.3) is 0 Å². The number of anilines is 1. The number of aromatic nitrogens is 1. The molecule has 0 spiro atoms. The number of carbonyl (C=O) groups is 2. The van der Waals surface area contributed by atoms with Gasteiger partial charge in [-0.15, -0.1) is 22.7 Å². The Hall–Kier alpha value is -4.48. The fourth-order valence-electron chi connectivity index (χ4n) is 6.86. The number of carboxylic acids is 1. The Balaban J connectivity index is 0.955. The zero-order valence-electron chi connectivity index (χ0n) is 30.2. The lowest BCUT2D eigenvalue weighted by atomic mass is 9.90. The zero-order chi connectivity index (χ0) is 39.1. The highest BCUT2D eigenvalue weighted by atomic mass is 35.5. The molecule has 0 unspecified atom stereocenters. The number of pyridine rings is 1. The van der Waals surface area contributed by atoms with E-state index in [9.17, 15) is 29.7 Å². The summed E-state index contributed by atoms with van der Waals surface area (Å²) in [7, 11) is 3.48. The molecule has 2 aromatic carbocycles. The first-order valence-electron chi connectivity index (χ1n) is 17.7. The van der Waals surface area contributed by atoms with Gasteiger partial charge in [-0.05, 0) is 85.5 Å². The van der Waals surface area contributed by atoms with Crippen LogP contribution in [0.3, 0.4) is 0 Å². The lowest BCUT2D eigenvalue weighted by Crippen LogP contribution is -2.45. The maximum atomic E-state index is 12.8. The zero-order valence-corrected chi connectivity index (χ0v) is 32.6. The van der Waals surface area contributed by atoms with E-state index in [-0.39, 0.29) is 48.2 Å². The molecule has 0 saturated heterocycles. The van der Waals surface area contributed by atoms with Crippen molar-refractivity contribution in [3.63, 3.8) is 0 Å². The number of benzene rings is 2. The fraction of sp³-hybridized carbons (Fsp3) is 0.359. The van der Waals surface area contributed by atoms with Gasteiger partial charge in [0.2, 0.25) is 11.2 Å². The quantitative estimate of drug-likeness (QED) is 0.0626. The molecule has 1 aliphatic rings. The number of aliphatic hydroxyl groups excluding tert-OH is 1. The highest BCUT2D eigenvalue weighted by molar-refractivity contribution is 7.12. The van der Waals surface area contributed by atoms with E-state index in [4.69, 9.17) is 25.8 Å². The van der Waals surface area contributed by atoms with Crippen molar-refractivity contribution in [2.24, 2.45) is 0 Å². The molecular weight excluding hydrogens is 768 g/mol. The van der Waals surface area contributed by atoms with Gasteiger partial charge in [-0.3, -0.25) is 10.1 Å². The normalized spacial score (nSPS) is 16.6. The minimum absolute atomic E-state index is 0.137. The smallest absolute Gasteiger partial charge is 0.411 e. The van der Waals surface area contributed by atoms with Crippen molar-refractivity contribution in [2.75, 3.05) is 39.2 Å². The van der Waals surface area contributed by atoms with Crippen molar-refractivity contribution in [3.8, 4) is 11.5 Å². The minimum atomic E-state index is -1.53. The number of methoxy groups -OCH3 is 1. The first-order valence-corrected chi connectivity index (χ1v) is 19.9. The number of halogens is 1. The maximum absolute atomic E-state index is 12.8. The number of phenolic OH excluding ortho intramolecular Hbond substituents is 1. The maximum Gasteiger partial charge on any atom is 0.411 e. The number of ether oxygens (including phenoxy) is 3. The van der Waals surface area contributed by atoms with Crippen LogP contribution in [0.4, 0.5) is 10.5 Å². The van der Waals surface area contributed by atoms with Crippen LogP contribution in [0.15, 0.2) is 76.2 Å². The summed E-state index contributed by atoms with van der Waals surface area (Å²) in [5.74, 6) is -0.698. The van der Waals surface area contributed by atoms with Gasteiger partial charge in [-0.2, -0.15) is 0 Å². The SMILES string of the molecule is COc1cc(NC(=O)OCCN(C)C2CCC(OC(C(=O)O)(c3cccs3)c3cccs3)CC2)c(Cl)cc1CNC[C@H](O)c1cc(O)c2[nH]c(=O)ccc2c1. The third kappa shape index (κ3) is 9.32. The van der Waals surface area contributed by atoms with E-state index in [1.807, 2.05) is 42.1 Å². The number of aromatic hydroxyl groups is 1. The van der Waals surface area contributed by atoms with Crippen LogP contribution in [-0.2, 0) is 26.4 Å². The van der Waals surface area contributed by atoms with Crippen LogP contribution in [-0.4, -0.2) is 83.3 Å². The third-order valence-corrected chi connectivity index (χ3v) is 12.1. The predicted molar refractivity (Wildman–Crippen MR) is 213 cm³/mol. The second kappa shape index (κ2) is 18.0. The van der Waals surface area contributed by atoms with Crippen LogP contribution >= 0.6 is 34.3 Å². The highest BCUT2D eigenvalue weighted by Crippen LogP contribution is 2.42. The van der Waals surface area contributed by atoms with Gasteiger partial charge in [-0.25, -0.2) is 9.59 Å². The molecule has 1 aliphatic carbocycles. The molecule has 1 atom stereocenters. The first kappa shape index (κ1) is 40.2. The van der Waals surface area contributed by atoms with Crippen molar-refractivity contribution < 1.29 is 39.1 Å². The molecule has 0 aliphatic heterocycles. The Bertz CT molecular complexity index is 2100. The molecule has 1 saturated carbocycles. The number of aliphatic hydroxyl groups is 1. The number of carboxylic acid groups (broad SMARTS) is 1. The van der Waals surface area contributed by atoms with Gasteiger partial charge in [-0.1, -0.05) is 23.7 Å². The van der Waals surface area contributed by atoms with E-state index in [0.717, 1.165) is 12.8 Å². The molecule has 6 N–H and O–H groups in total. The Morgan fingerprint density at radius 3 is 2.40 bits per heavy atom. The molecule has 0 radical (unpaired) electrons. The summed E-state index contributed by atoms with van der Waals surface area (Å²) in [5.41, 5.74) is -0.0967. The number of likely N-dealkylation sites (N-methyl/N-ethyl adjacent to an activating group) is 1. The van der Waals surface area contributed by atoms with Gasteiger partial charge in [0.1, 0.15) is 18.1 Å². The molecule has 5 aromatic rings. The number of thiophene rings is 2. The summed E-state index contributed by atoms with van der Waals surface area (Å²) < 4.78 is 17.5. The number of phenols is 1. The molecule has 3 aromatic heterocycles. The summed E-state index contributed by atoms with van der Waals surface area (Å²) >= 11 is 9.29. The third-order valence-electron chi connectivity index (χ3n) is 9.80. The first-order chi connectivity index (χ1) is 26.5. The molecule has 13 nitrogen and oxygen atoms in total. The van der Waals surface area contributed by atoms with E-state index < -0.39 is 23.8 Å². The Labute approximate surface area is 330 Å². The summed E-state index contributed by atoms with van der Waals surface area (Å²) in [6.45, 7) is 1.06. The molecule has 16 heteroatoms. The number of aliphatic carboxylic acids is 1. The van der Waals surface area contributed by atoms with E-state index in [1.54, 1.807) is 24.3 Å². The number of nitrogens with zero attached hydrogens (tertiary/aromatic N) is 1. The van der Waals surface area contributed by atoms with Gasteiger partial charge >= 0.3 is 12.1 Å². The van der Waals surface area contributed by atoms with Crippen molar-refractivity contribution >= 4 is 62.9 Å². The predicted octanol–water partition coefficient (Wildman–Crippen LogP) is 6.68. The van der Waals surface area contributed by atoms with E-state index in [2.05, 4.69) is 20.5 Å². The van der Waals surface area contributed by atoms with Crippen LogP contribution in [0.1, 0.15) is 52.7 Å². The Kier molecular flexibility index (Phi) is 13.1. The van der Waals surface area contributed by atoms with Crippen molar-refractivity contribution in [1.29, 1.82) is 0 Å². The van der Waals surface area contributed by atoms with Crippen LogP contribution in [0.5, 0.6) is 11.5 Å². The van der Waals surface area contributed by atoms with Crippen molar-refractivity contribution in [1.82, 2.24) is 15.2 Å². The van der Waals surface area contributed by atoms with Gasteiger partial charge in [0, 0.05) is 48.8 Å². The fourth-order valence-corrected chi connectivity index (χ4v) is 8.91. The number of amides is 1. The number of carbonyl (C=O) groups excluding carboxylic acids is 1. The molecular formula is C39H43ClN4O9S2. The van der Waals surface area contributed by atoms with Crippen molar-refractivity contribution in [2.45, 2.75) is 56.1 Å². The lowest BCUT2D eigenvalue weighted by Gasteiger charge is -2.38. The van der Waals surface area contributed by atoms with Crippen LogP contribution in [0.2, 0.25) is 5.02 Å². The second-order valence-electron chi connectivity index (χ2n) is 13.3. The summed E-state index contributed by atoms with van der Waals surface area (Å²) in [6.07, 6.45) is 1.18. The number of H-pyrrole nitrogens is 1. The Morgan fingerprint density at radius 1 is 1.05 bits per heavy atom. The molecule has 1 amide bonds. The van der Waals surface area contributed by atoms with E-state index >= 15 is 0 Å². The van der Waals surface area contributed by atoms with Crippen LogP contribution in [0.25, 0.3) is 10.9 Å². The van der Waals surface area contributed by atoms with Crippen molar-refractivity contribution in [3.05, 3.63) is 108 Å². The molecule has 6 rings (SSSR count). The summed E-state index contributed by atoms with van der Waals surface area (Å²) in [6, 6.07) is 16.8. The van der Waals surface area contributed by atoms with Crippen LogP contribution < -0.4 is 20.9 Å². The lowest BCUT2D eigenvalue weighted by molar-refractivity contribution is -0.170. The molecule has 3 heterocycles. The highest BCUT2D eigenvalue weighted by Gasteiger charge is 2.48. The molecule has 292 valence electrons. The largest absolute Gasteiger partial charge is 0.506 e. The molecule has 1 fully saturated rings. The monoisotopic (exact) mass is 810 g/mol. The topological polar surface area (TPSA) is 183 Å². The number of nitrogens with one attached hydrogen (secondary N) is 3. The number of fused-ring (bicyclic) bond motifs is 1. The van der Waals surface area contributed by atoms with Gasteiger partial charge in [0.05, 0.1) is 45.3 Å². The summed E-state index contributed by atoms with van der Waals surface area (Å²) in [5, 5.41) is 42.0. The number of rotatable bonds is 16. The number of hydrogen-bond acceptors (Lipinski definition) is 12. The van der Waals surface area contributed by atoms with E-state index in [1.165, 1.54) is 41.9 Å². The minimum Gasteiger partial charge on any atom is -0.506 e. The number of hydrogen-bond donors (Lipinski definition) is 6. The van der Waals surface area contributed by atoms with Gasteiger partial charge in [0.15, 0.2) is 0 Å². The average molecular weight is 811 g/mol. The average Bonchev–Trinajstić information content (AvgIpc) is 3.92. The van der Waals surface area contributed by atoms with E-state index in [0.29, 0.717) is 62.6 Å². The number of aromatic amines is 1. The Morgan fingerprint density at radius 2 is 1.76 bits per heavy atom. The van der Waals surface area contributed by atoms with Gasteiger partial charge < -0.3 is 44.7 Å². The molecule has 55 heavy (non-hydrogen) atoms.